The molecule has 3 nitrogen and oxygen atoms in total. The molecular weight excluding hydrogens is 267 g/mol. The van der Waals surface area contributed by atoms with Crippen molar-refractivity contribution in [2.24, 2.45) is 5.92 Å². The molecule has 2 rings (SSSR count). The van der Waals surface area contributed by atoms with Gasteiger partial charge in [-0.15, -0.1) is 0 Å². The number of carbonyl (C=O) groups is 1. The molecule has 116 valence electrons. The van der Waals surface area contributed by atoms with Crippen molar-refractivity contribution in [2.45, 2.75) is 39.0 Å². The van der Waals surface area contributed by atoms with Crippen LogP contribution >= 0.6 is 0 Å². The number of benzene rings is 1. The SMILES string of the molecule is CC1CCCN(C(=O)NCC(C)(C)c2ccc(F)cc2)C1. The minimum atomic E-state index is -0.235. The van der Waals surface area contributed by atoms with Gasteiger partial charge in [-0.2, -0.15) is 0 Å². The molecule has 1 fully saturated rings. The van der Waals surface area contributed by atoms with E-state index in [9.17, 15) is 9.18 Å². The minimum absolute atomic E-state index is 0.0109. The number of nitrogens with one attached hydrogen (secondary N) is 1. The van der Waals surface area contributed by atoms with Crippen LogP contribution in [-0.2, 0) is 5.41 Å². The molecule has 1 aromatic rings. The molecule has 1 aliphatic rings. The molecule has 0 aliphatic carbocycles. The van der Waals surface area contributed by atoms with E-state index < -0.39 is 0 Å². The largest absolute Gasteiger partial charge is 0.337 e. The molecule has 0 aromatic heterocycles. The Morgan fingerprint density at radius 2 is 2.05 bits per heavy atom. The lowest BCUT2D eigenvalue weighted by Crippen LogP contribution is -2.48. The van der Waals surface area contributed by atoms with Crippen LogP contribution in [0.4, 0.5) is 9.18 Å². The van der Waals surface area contributed by atoms with Gasteiger partial charge in [0, 0.05) is 25.0 Å². The first-order chi connectivity index (χ1) is 9.88. The average Bonchev–Trinajstić information content (AvgIpc) is 2.45. The quantitative estimate of drug-likeness (QED) is 0.908. The molecule has 1 aliphatic heterocycles. The maximum Gasteiger partial charge on any atom is 0.317 e. The van der Waals surface area contributed by atoms with Gasteiger partial charge >= 0.3 is 6.03 Å². The normalized spacial score (nSPS) is 19.4. The highest BCUT2D eigenvalue weighted by Crippen LogP contribution is 2.23. The number of nitrogens with zero attached hydrogens (tertiary/aromatic N) is 1. The molecule has 0 spiro atoms. The summed E-state index contributed by atoms with van der Waals surface area (Å²) in [6, 6.07) is 6.50. The highest BCUT2D eigenvalue weighted by Gasteiger charge is 2.25. The minimum Gasteiger partial charge on any atom is -0.337 e. The Bertz CT molecular complexity index is 484. The van der Waals surface area contributed by atoms with Crippen LogP contribution in [0.3, 0.4) is 0 Å². The molecule has 1 heterocycles. The van der Waals surface area contributed by atoms with E-state index in [4.69, 9.17) is 0 Å². The first kappa shape index (κ1) is 15.8. The van der Waals surface area contributed by atoms with Crippen molar-refractivity contribution in [3.63, 3.8) is 0 Å². The van der Waals surface area contributed by atoms with E-state index in [-0.39, 0.29) is 17.3 Å². The monoisotopic (exact) mass is 292 g/mol. The molecule has 1 aromatic carbocycles. The number of rotatable bonds is 3. The summed E-state index contributed by atoms with van der Waals surface area (Å²) in [7, 11) is 0. The van der Waals surface area contributed by atoms with Crippen LogP contribution < -0.4 is 5.32 Å². The van der Waals surface area contributed by atoms with Crippen molar-refractivity contribution in [3.8, 4) is 0 Å². The third-order valence-corrected chi connectivity index (χ3v) is 4.25. The van der Waals surface area contributed by atoms with E-state index >= 15 is 0 Å². The van der Waals surface area contributed by atoms with Gasteiger partial charge in [-0.05, 0) is 36.5 Å². The Kier molecular flexibility index (Phi) is 4.86. The maximum atomic E-state index is 13.0. The Labute approximate surface area is 126 Å². The fraction of sp³-hybridized carbons (Fsp3) is 0.588. The summed E-state index contributed by atoms with van der Waals surface area (Å²) in [5.41, 5.74) is 0.807. The van der Waals surface area contributed by atoms with Gasteiger partial charge in [0.15, 0.2) is 0 Å². The molecule has 1 atom stereocenters. The zero-order valence-electron chi connectivity index (χ0n) is 13.2. The summed E-state index contributed by atoms with van der Waals surface area (Å²) in [6.45, 7) is 8.51. The third kappa shape index (κ3) is 4.19. The summed E-state index contributed by atoms with van der Waals surface area (Å²) in [5, 5.41) is 3.02. The first-order valence-electron chi connectivity index (χ1n) is 7.67. The van der Waals surface area contributed by atoms with Gasteiger partial charge in [0.05, 0.1) is 0 Å². The Morgan fingerprint density at radius 3 is 2.67 bits per heavy atom. The summed E-state index contributed by atoms with van der Waals surface area (Å²) < 4.78 is 13.0. The molecule has 0 saturated carbocycles. The molecule has 4 heteroatoms. The Hall–Kier alpha value is -1.58. The van der Waals surface area contributed by atoms with Crippen molar-refractivity contribution in [1.82, 2.24) is 10.2 Å². The summed E-state index contributed by atoms with van der Waals surface area (Å²) in [4.78, 5) is 14.1. The van der Waals surface area contributed by atoms with Gasteiger partial charge in [0.1, 0.15) is 5.82 Å². The van der Waals surface area contributed by atoms with Gasteiger partial charge < -0.3 is 10.2 Å². The highest BCUT2D eigenvalue weighted by atomic mass is 19.1. The van der Waals surface area contributed by atoms with Crippen molar-refractivity contribution in [3.05, 3.63) is 35.6 Å². The predicted molar refractivity (Wildman–Crippen MR) is 82.8 cm³/mol. The molecule has 0 radical (unpaired) electrons. The fourth-order valence-corrected chi connectivity index (χ4v) is 2.79. The van der Waals surface area contributed by atoms with Crippen LogP contribution in [-0.4, -0.2) is 30.6 Å². The van der Waals surface area contributed by atoms with Crippen molar-refractivity contribution in [2.75, 3.05) is 19.6 Å². The second kappa shape index (κ2) is 6.46. The topological polar surface area (TPSA) is 32.3 Å². The molecular formula is C17H25FN2O. The van der Waals surface area contributed by atoms with Crippen LogP contribution in [0.15, 0.2) is 24.3 Å². The molecule has 1 saturated heterocycles. The van der Waals surface area contributed by atoms with E-state index in [1.54, 1.807) is 12.1 Å². The molecule has 1 N–H and O–H groups in total. The number of amides is 2. The van der Waals surface area contributed by atoms with E-state index in [2.05, 4.69) is 26.1 Å². The number of urea groups is 1. The summed E-state index contributed by atoms with van der Waals surface area (Å²) in [6.07, 6.45) is 2.28. The maximum absolute atomic E-state index is 13.0. The fourth-order valence-electron chi connectivity index (χ4n) is 2.79. The van der Waals surface area contributed by atoms with Gasteiger partial charge in [0.25, 0.3) is 0 Å². The first-order valence-corrected chi connectivity index (χ1v) is 7.67. The molecule has 2 amide bonds. The number of piperidine rings is 1. The van der Waals surface area contributed by atoms with Crippen LogP contribution in [0.1, 0.15) is 39.2 Å². The summed E-state index contributed by atoms with van der Waals surface area (Å²) in [5.74, 6) is 0.343. The molecule has 0 bridgehead atoms. The van der Waals surface area contributed by atoms with Gasteiger partial charge in [-0.3, -0.25) is 0 Å². The van der Waals surface area contributed by atoms with Gasteiger partial charge in [-0.1, -0.05) is 32.9 Å². The van der Waals surface area contributed by atoms with Crippen molar-refractivity contribution < 1.29 is 9.18 Å². The Morgan fingerprint density at radius 1 is 1.38 bits per heavy atom. The zero-order chi connectivity index (χ0) is 15.5. The van der Waals surface area contributed by atoms with Crippen LogP contribution in [0, 0.1) is 11.7 Å². The second-order valence-electron chi connectivity index (χ2n) is 6.74. The number of hydrogen-bond donors (Lipinski definition) is 1. The van der Waals surface area contributed by atoms with E-state index in [0.29, 0.717) is 12.5 Å². The highest BCUT2D eigenvalue weighted by molar-refractivity contribution is 5.74. The van der Waals surface area contributed by atoms with Gasteiger partial charge in [-0.25, -0.2) is 9.18 Å². The smallest absolute Gasteiger partial charge is 0.317 e. The van der Waals surface area contributed by atoms with Gasteiger partial charge in [0.2, 0.25) is 0 Å². The lowest BCUT2D eigenvalue weighted by atomic mass is 9.84. The number of carbonyl (C=O) groups excluding carboxylic acids is 1. The average molecular weight is 292 g/mol. The van der Waals surface area contributed by atoms with Crippen LogP contribution in [0.25, 0.3) is 0 Å². The Balaban J connectivity index is 1.91. The lowest BCUT2D eigenvalue weighted by Gasteiger charge is -2.33. The number of hydrogen-bond acceptors (Lipinski definition) is 1. The molecule has 1 unspecified atom stereocenters. The van der Waals surface area contributed by atoms with E-state index in [1.807, 2.05) is 4.90 Å². The van der Waals surface area contributed by atoms with Crippen LogP contribution in [0.2, 0.25) is 0 Å². The van der Waals surface area contributed by atoms with Crippen molar-refractivity contribution >= 4 is 6.03 Å². The van der Waals surface area contributed by atoms with E-state index in [1.165, 1.54) is 18.6 Å². The third-order valence-electron chi connectivity index (χ3n) is 4.25. The molecule has 21 heavy (non-hydrogen) atoms. The lowest BCUT2D eigenvalue weighted by molar-refractivity contribution is 0.168. The van der Waals surface area contributed by atoms with Crippen molar-refractivity contribution in [1.29, 1.82) is 0 Å². The number of halogens is 1. The standard InChI is InChI=1S/C17H25FN2O/c1-13-5-4-10-20(11-13)16(21)19-12-17(2,3)14-6-8-15(18)9-7-14/h6-9,13H,4-5,10-12H2,1-3H3,(H,19,21). The zero-order valence-corrected chi connectivity index (χ0v) is 13.2. The second-order valence-corrected chi connectivity index (χ2v) is 6.74. The predicted octanol–water partition coefficient (Wildman–Crippen LogP) is 3.54. The van der Waals surface area contributed by atoms with Crippen LogP contribution in [0.5, 0.6) is 0 Å². The summed E-state index contributed by atoms with van der Waals surface area (Å²) >= 11 is 0. The number of likely N-dealkylation sites (tertiary alicyclic amines) is 1. The van der Waals surface area contributed by atoms with E-state index in [0.717, 1.165) is 25.1 Å².